The van der Waals surface area contributed by atoms with Gasteiger partial charge in [-0.2, -0.15) is 0 Å². The first-order chi connectivity index (χ1) is 6.92. The molecule has 2 aliphatic heterocycles. The van der Waals surface area contributed by atoms with Crippen LogP contribution in [0.1, 0.15) is 38.5 Å². The molecular formula is C12H22N2. The lowest BCUT2D eigenvalue weighted by Gasteiger charge is -2.45. The number of piperidine rings is 1. The summed E-state index contributed by atoms with van der Waals surface area (Å²) >= 11 is 0. The van der Waals surface area contributed by atoms with Gasteiger partial charge in [-0.05, 0) is 70.6 Å². The molecule has 1 N–H and O–H groups in total. The zero-order valence-corrected chi connectivity index (χ0v) is 9.10. The number of nitrogens with one attached hydrogen (secondary N) is 1. The molecule has 2 nitrogen and oxygen atoms in total. The van der Waals surface area contributed by atoms with E-state index >= 15 is 0 Å². The van der Waals surface area contributed by atoms with Crippen molar-refractivity contribution in [3.63, 3.8) is 0 Å². The molecule has 0 unspecified atom stereocenters. The van der Waals surface area contributed by atoms with E-state index in [4.69, 9.17) is 0 Å². The van der Waals surface area contributed by atoms with Gasteiger partial charge in [0.15, 0.2) is 0 Å². The zero-order valence-electron chi connectivity index (χ0n) is 9.10. The van der Waals surface area contributed by atoms with Gasteiger partial charge < -0.3 is 5.32 Å². The van der Waals surface area contributed by atoms with E-state index in [2.05, 4.69) is 10.2 Å². The Kier molecular flexibility index (Phi) is 2.29. The first kappa shape index (κ1) is 9.17. The average molecular weight is 194 g/mol. The van der Waals surface area contributed by atoms with E-state index in [1.165, 1.54) is 64.7 Å². The number of hydrogen-bond acceptors (Lipinski definition) is 2. The van der Waals surface area contributed by atoms with Crippen molar-refractivity contribution in [2.45, 2.75) is 44.1 Å². The Labute approximate surface area is 87.0 Å². The van der Waals surface area contributed by atoms with Crippen molar-refractivity contribution >= 4 is 0 Å². The summed E-state index contributed by atoms with van der Waals surface area (Å²) in [6, 6.07) is 0. The summed E-state index contributed by atoms with van der Waals surface area (Å²) in [7, 11) is 0. The van der Waals surface area contributed by atoms with Crippen LogP contribution in [0.5, 0.6) is 0 Å². The minimum absolute atomic E-state index is 0.641. The normalized spacial score (nSPS) is 33.4. The molecule has 1 aliphatic carbocycles. The Morgan fingerprint density at radius 2 is 1.64 bits per heavy atom. The second kappa shape index (κ2) is 3.49. The Morgan fingerprint density at radius 1 is 1.00 bits per heavy atom. The highest BCUT2D eigenvalue weighted by Gasteiger charge is 2.49. The molecule has 3 fully saturated rings. The van der Waals surface area contributed by atoms with Crippen LogP contribution in [0.2, 0.25) is 0 Å². The molecule has 0 amide bonds. The fraction of sp³-hybridized carbons (Fsp3) is 1.00. The van der Waals surface area contributed by atoms with Gasteiger partial charge in [-0.25, -0.2) is 0 Å². The predicted octanol–water partition coefficient (Wildman–Crippen LogP) is 1.61. The molecule has 80 valence electrons. The van der Waals surface area contributed by atoms with Gasteiger partial charge in [0.2, 0.25) is 0 Å². The van der Waals surface area contributed by atoms with Crippen LogP contribution in [0, 0.1) is 5.92 Å². The molecule has 0 radical (unpaired) electrons. The van der Waals surface area contributed by atoms with E-state index in [9.17, 15) is 0 Å². The van der Waals surface area contributed by atoms with Crippen LogP contribution in [0.4, 0.5) is 0 Å². The maximum Gasteiger partial charge on any atom is 0.0261 e. The Morgan fingerprint density at radius 3 is 2.21 bits per heavy atom. The molecular weight excluding hydrogens is 172 g/mol. The highest BCUT2D eigenvalue weighted by molar-refractivity contribution is 5.05. The summed E-state index contributed by atoms with van der Waals surface area (Å²) in [5.74, 6) is 1.06. The van der Waals surface area contributed by atoms with Crippen molar-refractivity contribution in [3.8, 4) is 0 Å². The molecule has 3 rings (SSSR count). The quantitative estimate of drug-likeness (QED) is 0.718. The molecule has 3 aliphatic rings. The third-order valence-electron chi connectivity index (χ3n) is 4.54. The molecule has 2 heterocycles. The molecule has 0 aromatic heterocycles. The molecule has 2 saturated heterocycles. The molecule has 2 heteroatoms. The van der Waals surface area contributed by atoms with Crippen LogP contribution in [0.15, 0.2) is 0 Å². The largest absolute Gasteiger partial charge is 0.317 e. The maximum absolute atomic E-state index is 3.52. The summed E-state index contributed by atoms with van der Waals surface area (Å²) in [6.07, 6.45) is 8.74. The van der Waals surface area contributed by atoms with Gasteiger partial charge in [-0.1, -0.05) is 0 Å². The fourth-order valence-corrected chi connectivity index (χ4v) is 3.63. The summed E-state index contributed by atoms with van der Waals surface area (Å²) in [4.78, 5) is 2.84. The van der Waals surface area contributed by atoms with Gasteiger partial charge >= 0.3 is 0 Å². The number of hydrogen-bond donors (Lipinski definition) is 1. The van der Waals surface area contributed by atoms with E-state index in [1.54, 1.807) is 0 Å². The van der Waals surface area contributed by atoms with Gasteiger partial charge in [0.1, 0.15) is 0 Å². The molecule has 0 bridgehead atoms. The van der Waals surface area contributed by atoms with Crippen molar-refractivity contribution in [1.29, 1.82) is 0 Å². The van der Waals surface area contributed by atoms with Crippen LogP contribution >= 0.6 is 0 Å². The van der Waals surface area contributed by atoms with Gasteiger partial charge in [-0.15, -0.1) is 0 Å². The summed E-state index contributed by atoms with van der Waals surface area (Å²) in [5, 5.41) is 3.52. The van der Waals surface area contributed by atoms with Crippen LogP contribution in [0.25, 0.3) is 0 Å². The van der Waals surface area contributed by atoms with E-state index in [0.29, 0.717) is 5.54 Å². The molecule has 1 saturated carbocycles. The topological polar surface area (TPSA) is 15.3 Å². The van der Waals surface area contributed by atoms with Crippen LogP contribution < -0.4 is 5.32 Å². The van der Waals surface area contributed by atoms with Crippen molar-refractivity contribution in [1.82, 2.24) is 10.2 Å². The Bertz CT molecular complexity index is 198. The van der Waals surface area contributed by atoms with Crippen LogP contribution in [-0.2, 0) is 0 Å². The monoisotopic (exact) mass is 194 g/mol. The van der Waals surface area contributed by atoms with Gasteiger partial charge in [0.25, 0.3) is 0 Å². The summed E-state index contributed by atoms with van der Waals surface area (Å²) in [5.41, 5.74) is 0.641. The number of nitrogens with zero attached hydrogens (tertiary/aromatic N) is 1. The average Bonchev–Trinajstić information content (AvgIpc) is 2.95. The van der Waals surface area contributed by atoms with E-state index in [0.717, 1.165) is 5.92 Å². The van der Waals surface area contributed by atoms with Crippen molar-refractivity contribution in [2.75, 3.05) is 26.2 Å². The lowest BCUT2D eigenvalue weighted by molar-refractivity contribution is 0.0580. The Hall–Kier alpha value is -0.0800. The first-order valence-corrected chi connectivity index (χ1v) is 6.38. The Balaban J connectivity index is 1.78. The number of likely N-dealkylation sites (tertiary alicyclic amines) is 1. The van der Waals surface area contributed by atoms with Crippen LogP contribution in [0.3, 0.4) is 0 Å². The molecule has 14 heavy (non-hydrogen) atoms. The van der Waals surface area contributed by atoms with Crippen molar-refractivity contribution in [2.24, 2.45) is 5.92 Å². The third kappa shape index (κ3) is 1.40. The van der Waals surface area contributed by atoms with Gasteiger partial charge in [-0.3, -0.25) is 4.90 Å². The third-order valence-corrected chi connectivity index (χ3v) is 4.54. The lowest BCUT2D eigenvalue weighted by Crippen LogP contribution is -2.55. The molecule has 0 atom stereocenters. The second-order valence-corrected chi connectivity index (χ2v) is 5.32. The van der Waals surface area contributed by atoms with Crippen molar-refractivity contribution < 1.29 is 0 Å². The van der Waals surface area contributed by atoms with Gasteiger partial charge in [0, 0.05) is 5.54 Å². The minimum Gasteiger partial charge on any atom is -0.317 e. The second-order valence-electron chi connectivity index (χ2n) is 5.32. The summed E-state index contributed by atoms with van der Waals surface area (Å²) in [6.45, 7) is 5.28. The standard InChI is InChI=1S/C12H22N2/c1-2-10-14(9-1)12(11-3-4-11)5-7-13-8-6-12/h11,13H,1-10H2. The SMILES string of the molecule is C1CCN(C2(C3CC3)CCNCC2)C1. The summed E-state index contributed by atoms with van der Waals surface area (Å²) < 4.78 is 0. The molecule has 0 aromatic carbocycles. The lowest BCUT2D eigenvalue weighted by atomic mass is 9.82. The van der Waals surface area contributed by atoms with Crippen LogP contribution in [-0.4, -0.2) is 36.6 Å². The van der Waals surface area contributed by atoms with E-state index in [-0.39, 0.29) is 0 Å². The molecule has 0 aromatic rings. The highest BCUT2D eigenvalue weighted by atomic mass is 15.2. The minimum atomic E-state index is 0.641. The van der Waals surface area contributed by atoms with Gasteiger partial charge in [0.05, 0.1) is 0 Å². The first-order valence-electron chi connectivity index (χ1n) is 6.38. The fourth-order valence-electron chi connectivity index (χ4n) is 3.63. The van der Waals surface area contributed by atoms with E-state index in [1.807, 2.05) is 0 Å². The van der Waals surface area contributed by atoms with Crippen molar-refractivity contribution in [3.05, 3.63) is 0 Å². The van der Waals surface area contributed by atoms with E-state index < -0.39 is 0 Å². The zero-order chi connectivity index (χ0) is 9.43. The maximum atomic E-state index is 3.52. The smallest absolute Gasteiger partial charge is 0.0261 e. The highest BCUT2D eigenvalue weighted by Crippen LogP contribution is 2.48. The molecule has 0 spiro atoms. The predicted molar refractivity (Wildman–Crippen MR) is 58.4 cm³/mol. The number of rotatable bonds is 2.